The van der Waals surface area contributed by atoms with E-state index in [0.717, 1.165) is 16.2 Å². The van der Waals surface area contributed by atoms with Gasteiger partial charge in [-0.05, 0) is 12.1 Å². The molecule has 1 atom stereocenters. The largest absolute Gasteiger partial charge is 0.329 e. The summed E-state index contributed by atoms with van der Waals surface area (Å²) in [6.07, 6.45) is 1.72. The van der Waals surface area contributed by atoms with Gasteiger partial charge in [-0.3, -0.25) is 9.20 Å². The minimum Gasteiger partial charge on any atom is -0.329 e. The summed E-state index contributed by atoms with van der Waals surface area (Å²) < 4.78 is 14.7. The molecule has 3 rings (SSSR count). The quantitative estimate of drug-likeness (QED) is 0.784. The van der Waals surface area contributed by atoms with Crippen LogP contribution in [-0.2, 0) is 13.1 Å². The van der Waals surface area contributed by atoms with Gasteiger partial charge in [0.15, 0.2) is 4.96 Å². The Balaban J connectivity index is 1.76. The lowest BCUT2D eigenvalue weighted by molar-refractivity contribution is -0.908. The van der Waals surface area contributed by atoms with Crippen LogP contribution < -0.4 is 10.5 Å². The predicted octanol–water partition coefficient (Wildman–Crippen LogP) is 1.11. The number of fused-ring (bicyclic) bond motifs is 1. The molecular weight excluding hydrogens is 289 g/mol. The Hall–Kier alpha value is -2.05. The van der Waals surface area contributed by atoms with E-state index in [2.05, 4.69) is 4.98 Å². The van der Waals surface area contributed by atoms with Gasteiger partial charge in [-0.1, -0.05) is 12.1 Å². The minimum absolute atomic E-state index is 0.0604. The Morgan fingerprint density at radius 1 is 1.33 bits per heavy atom. The lowest BCUT2D eigenvalue weighted by Crippen LogP contribution is -3.06. The molecule has 0 saturated carbocycles. The molecule has 0 spiro atoms. The Labute approximate surface area is 125 Å². The Kier molecular flexibility index (Phi) is 3.81. The van der Waals surface area contributed by atoms with Gasteiger partial charge in [0.1, 0.15) is 24.6 Å². The summed E-state index contributed by atoms with van der Waals surface area (Å²) in [6.45, 7) is 1.31. The van der Waals surface area contributed by atoms with Crippen molar-refractivity contribution in [3.05, 3.63) is 69.3 Å². The van der Waals surface area contributed by atoms with E-state index < -0.39 is 0 Å². The smallest absolute Gasteiger partial charge is 0.258 e. The third-order valence-electron chi connectivity index (χ3n) is 3.23. The van der Waals surface area contributed by atoms with Crippen molar-refractivity contribution < 1.29 is 9.29 Å². The van der Waals surface area contributed by atoms with Crippen molar-refractivity contribution in [1.29, 1.82) is 0 Å². The Morgan fingerprint density at radius 3 is 3.00 bits per heavy atom. The van der Waals surface area contributed by atoms with Gasteiger partial charge in [-0.25, -0.2) is 9.37 Å². The second-order valence-electron chi connectivity index (χ2n) is 5.08. The van der Waals surface area contributed by atoms with Gasteiger partial charge in [0.05, 0.1) is 7.05 Å². The van der Waals surface area contributed by atoms with E-state index in [1.54, 1.807) is 18.3 Å². The van der Waals surface area contributed by atoms with Crippen molar-refractivity contribution in [2.75, 3.05) is 7.05 Å². The number of rotatable bonds is 4. The van der Waals surface area contributed by atoms with Crippen LogP contribution in [-0.4, -0.2) is 16.4 Å². The first-order valence-corrected chi connectivity index (χ1v) is 7.51. The van der Waals surface area contributed by atoms with Crippen LogP contribution in [0, 0.1) is 5.82 Å². The lowest BCUT2D eigenvalue weighted by Gasteiger charge is -2.13. The third-order valence-corrected chi connectivity index (χ3v) is 3.99. The molecule has 4 nitrogen and oxygen atoms in total. The summed E-state index contributed by atoms with van der Waals surface area (Å²) in [7, 11) is 2.00. The summed E-state index contributed by atoms with van der Waals surface area (Å²) in [5, 5.41) is 1.84. The van der Waals surface area contributed by atoms with Crippen LogP contribution in [0.1, 0.15) is 11.3 Å². The monoisotopic (exact) mass is 304 g/mol. The molecule has 108 valence electrons. The average molecular weight is 304 g/mol. The Morgan fingerprint density at radius 2 is 2.19 bits per heavy atom. The first-order chi connectivity index (χ1) is 10.1. The van der Waals surface area contributed by atoms with Crippen molar-refractivity contribution in [2.45, 2.75) is 13.1 Å². The molecule has 21 heavy (non-hydrogen) atoms. The molecule has 0 aliphatic rings. The van der Waals surface area contributed by atoms with E-state index in [1.165, 1.54) is 27.9 Å². The first-order valence-electron chi connectivity index (χ1n) is 6.63. The van der Waals surface area contributed by atoms with Gasteiger partial charge in [-0.15, -0.1) is 11.3 Å². The molecule has 0 fully saturated rings. The molecule has 1 N–H and O–H groups in total. The number of thiazole rings is 1. The lowest BCUT2D eigenvalue weighted by atomic mass is 10.2. The number of aromatic nitrogens is 2. The second-order valence-corrected chi connectivity index (χ2v) is 5.95. The van der Waals surface area contributed by atoms with Crippen LogP contribution in [0.3, 0.4) is 0 Å². The highest BCUT2D eigenvalue weighted by Gasteiger charge is 2.10. The molecule has 0 radical (unpaired) electrons. The van der Waals surface area contributed by atoms with Crippen LogP contribution in [0.25, 0.3) is 4.96 Å². The van der Waals surface area contributed by atoms with Gasteiger partial charge in [0.2, 0.25) is 0 Å². The average Bonchev–Trinajstić information content (AvgIpc) is 2.87. The van der Waals surface area contributed by atoms with Crippen LogP contribution in [0.4, 0.5) is 4.39 Å². The first kappa shape index (κ1) is 13.9. The van der Waals surface area contributed by atoms with Gasteiger partial charge < -0.3 is 4.90 Å². The van der Waals surface area contributed by atoms with E-state index in [0.29, 0.717) is 18.1 Å². The number of nitrogens with zero attached hydrogens (tertiary/aromatic N) is 2. The number of hydrogen-bond donors (Lipinski definition) is 1. The fourth-order valence-electron chi connectivity index (χ4n) is 2.35. The zero-order chi connectivity index (χ0) is 14.8. The summed E-state index contributed by atoms with van der Waals surface area (Å²) in [5.41, 5.74) is 1.63. The number of halogens is 1. The van der Waals surface area contributed by atoms with E-state index >= 15 is 0 Å². The normalized spacial score (nSPS) is 12.7. The van der Waals surface area contributed by atoms with Gasteiger partial charge in [0.25, 0.3) is 5.56 Å². The molecule has 6 heteroatoms. The fraction of sp³-hybridized carbons (Fsp3) is 0.200. The molecular formula is C15H15FN3OS+. The maximum Gasteiger partial charge on any atom is 0.258 e. The zero-order valence-corrected chi connectivity index (χ0v) is 12.4. The molecule has 0 aliphatic heterocycles. The molecule has 3 aromatic rings. The Bertz CT molecular complexity index is 827. The van der Waals surface area contributed by atoms with Gasteiger partial charge in [0, 0.05) is 23.2 Å². The van der Waals surface area contributed by atoms with Gasteiger partial charge >= 0.3 is 0 Å². The van der Waals surface area contributed by atoms with Crippen molar-refractivity contribution in [3.63, 3.8) is 0 Å². The van der Waals surface area contributed by atoms with Crippen LogP contribution in [0.2, 0.25) is 0 Å². The molecule has 2 aromatic heterocycles. The molecule has 0 aliphatic carbocycles. The van der Waals surface area contributed by atoms with E-state index in [4.69, 9.17) is 0 Å². The molecule has 1 aromatic carbocycles. The fourth-order valence-corrected chi connectivity index (χ4v) is 3.08. The highest BCUT2D eigenvalue weighted by Crippen LogP contribution is 2.06. The molecule has 1 unspecified atom stereocenters. The van der Waals surface area contributed by atoms with Crippen LogP contribution in [0.15, 0.2) is 46.7 Å². The number of quaternary nitrogens is 1. The predicted molar refractivity (Wildman–Crippen MR) is 80.0 cm³/mol. The summed E-state index contributed by atoms with van der Waals surface area (Å²) in [4.78, 5) is 18.2. The number of benzene rings is 1. The minimum atomic E-state index is -0.225. The number of hydrogen-bond acceptors (Lipinski definition) is 3. The number of nitrogens with one attached hydrogen (secondary N) is 1. The molecule has 0 amide bonds. The van der Waals surface area contributed by atoms with Crippen LogP contribution in [0.5, 0.6) is 0 Å². The maximum absolute atomic E-state index is 13.2. The topological polar surface area (TPSA) is 38.8 Å². The van der Waals surface area contributed by atoms with Crippen LogP contribution >= 0.6 is 11.3 Å². The standard InChI is InChI=1S/C15H14FN3OS/c1-18(9-11-3-2-4-12(16)7-11)10-13-8-14(20)19-5-6-21-15(19)17-13/h2-8H,9-10H2,1H3/p+1. The van der Waals surface area contributed by atoms with Crippen molar-refractivity contribution >= 4 is 16.3 Å². The van der Waals surface area contributed by atoms with E-state index in [-0.39, 0.29) is 11.4 Å². The van der Waals surface area contributed by atoms with Crippen molar-refractivity contribution in [1.82, 2.24) is 9.38 Å². The molecule has 2 heterocycles. The van der Waals surface area contributed by atoms with E-state index in [1.807, 2.05) is 18.5 Å². The third kappa shape index (κ3) is 3.17. The second kappa shape index (κ2) is 5.75. The SMILES string of the molecule is C[NH+](Cc1cccc(F)c1)Cc1cc(=O)n2ccsc2n1. The highest BCUT2D eigenvalue weighted by atomic mass is 32.1. The van der Waals surface area contributed by atoms with Crippen molar-refractivity contribution in [3.8, 4) is 0 Å². The van der Waals surface area contributed by atoms with E-state index in [9.17, 15) is 9.18 Å². The molecule has 0 bridgehead atoms. The van der Waals surface area contributed by atoms with Gasteiger partial charge in [-0.2, -0.15) is 0 Å². The summed E-state index contributed by atoms with van der Waals surface area (Å²) in [5.74, 6) is -0.225. The molecule has 0 saturated heterocycles. The summed E-state index contributed by atoms with van der Waals surface area (Å²) in [6, 6.07) is 8.15. The zero-order valence-electron chi connectivity index (χ0n) is 11.5. The summed E-state index contributed by atoms with van der Waals surface area (Å²) >= 11 is 1.44. The maximum atomic E-state index is 13.2. The van der Waals surface area contributed by atoms with Crippen molar-refractivity contribution in [2.24, 2.45) is 0 Å². The highest BCUT2D eigenvalue weighted by molar-refractivity contribution is 7.15.